The van der Waals surface area contributed by atoms with Crippen LogP contribution in [0.2, 0.25) is 0 Å². The van der Waals surface area contributed by atoms with Gasteiger partial charge in [-0.2, -0.15) is 0 Å². The van der Waals surface area contributed by atoms with Crippen molar-refractivity contribution >= 4 is 23.3 Å². The first-order chi connectivity index (χ1) is 8.58. The Morgan fingerprint density at radius 1 is 1.22 bits per heavy atom. The number of nitrogens with two attached hydrogens (primary N) is 2. The van der Waals surface area contributed by atoms with Crippen molar-refractivity contribution in [2.45, 2.75) is 0 Å². The van der Waals surface area contributed by atoms with Gasteiger partial charge in [-0.3, -0.25) is 4.79 Å². The van der Waals surface area contributed by atoms with E-state index in [1.54, 1.807) is 24.3 Å². The maximum Gasteiger partial charge on any atom is 0.319 e. The van der Waals surface area contributed by atoms with Gasteiger partial charge in [0, 0.05) is 17.9 Å². The maximum absolute atomic E-state index is 11.4. The van der Waals surface area contributed by atoms with Crippen molar-refractivity contribution in [1.29, 1.82) is 0 Å². The van der Waals surface area contributed by atoms with Crippen LogP contribution in [0.1, 0.15) is 0 Å². The van der Waals surface area contributed by atoms with Crippen molar-refractivity contribution < 1.29 is 14.3 Å². The summed E-state index contributed by atoms with van der Waals surface area (Å²) in [5, 5.41) is 5.18. The summed E-state index contributed by atoms with van der Waals surface area (Å²) >= 11 is 0. The number of anilines is 2. The molecule has 1 rings (SSSR count). The van der Waals surface area contributed by atoms with Gasteiger partial charge in [-0.15, -0.1) is 0 Å². The summed E-state index contributed by atoms with van der Waals surface area (Å²) in [6.07, 6.45) is 0. The van der Waals surface area contributed by atoms with Crippen LogP contribution in [0.15, 0.2) is 24.3 Å². The van der Waals surface area contributed by atoms with Crippen molar-refractivity contribution in [3.8, 4) is 0 Å². The molecule has 0 aliphatic carbocycles. The molecule has 3 amide bonds. The van der Waals surface area contributed by atoms with Gasteiger partial charge in [0.1, 0.15) is 6.61 Å². The van der Waals surface area contributed by atoms with E-state index in [0.717, 1.165) is 0 Å². The Labute approximate surface area is 104 Å². The van der Waals surface area contributed by atoms with Crippen molar-refractivity contribution in [3.63, 3.8) is 0 Å². The number of hydrogen-bond donors (Lipinski definition) is 4. The normalized spacial score (nSPS) is 9.78. The average Bonchev–Trinajstić information content (AvgIpc) is 2.31. The highest BCUT2D eigenvalue weighted by atomic mass is 16.5. The van der Waals surface area contributed by atoms with Crippen LogP contribution in [-0.2, 0) is 9.53 Å². The lowest BCUT2D eigenvalue weighted by atomic mass is 10.3. The van der Waals surface area contributed by atoms with Crippen LogP contribution in [0.25, 0.3) is 0 Å². The van der Waals surface area contributed by atoms with E-state index in [-0.39, 0.29) is 25.8 Å². The Morgan fingerprint density at radius 3 is 2.50 bits per heavy atom. The summed E-state index contributed by atoms with van der Waals surface area (Å²) in [4.78, 5) is 21.7. The molecule has 0 bridgehead atoms. The third-order valence-electron chi connectivity index (χ3n) is 1.94. The molecule has 0 saturated heterocycles. The fourth-order valence-electron chi connectivity index (χ4n) is 1.15. The summed E-state index contributed by atoms with van der Waals surface area (Å²) < 4.78 is 4.88. The third-order valence-corrected chi connectivity index (χ3v) is 1.94. The highest BCUT2D eigenvalue weighted by Gasteiger charge is 2.00. The van der Waals surface area contributed by atoms with Crippen molar-refractivity contribution in [2.75, 3.05) is 30.8 Å². The number of benzene rings is 1. The molecule has 1 aromatic carbocycles. The second-order valence-electron chi connectivity index (χ2n) is 3.52. The third kappa shape index (κ3) is 5.71. The number of nitrogen functional groups attached to an aromatic ring is 1. The topological polar surface area (TPSA) is 119 Å². The Morgan fingerprint density at radius 2 is 1.89 bits per heavy atom. The molecule has 0 atom stereocenters. The van der Waals surface area contributed by atoms with Gasteiger partial charge >= 0.3 is 6.03 Å². The first-order valence-electron chi connectivity index (χ1n) is 5.34. The molecule has 0 spiro atoms. The van der Waals surface area contributed by atoms with Crippen LogP contribution in [0.3, 0.4) is 0 Å². The quantitative estimate of drug-likeness (QED) is 0.417. The van der Waals surface area contributed by atoms with Crippen LogP contribution in [0.5, 0.6) is 0 Å². The molecule has 0 saturated carbocycles. The van der Waals surface area contributed by atoms with Gasteiger partial charge in [-0.1, -0.05) is 0 Å². The van der Waals surface area contributed by atoms with E-state index in [1.807, 2.05) is 0 Å². The molecule has 7 heteroatoms. The predicted molar refractivity (Wildman–Crippen MR) is 67.9 cm³/mol. The van der Waals surface area contributed by atoms with Crippen LogP contribution in [0, 0.1) is 0 Å². The van der Waals surface area contributed by atoms with E-state index in [1.165, 1.54) is 0 Å². The number of amides is 3. The van der Waals surface area contributed by atoms with Crippen molar-refractivity contribution in [2.24, 2.45) is 5.73 Å². The number of carbonyl (C=O) groups is 2. The minimum Gasteiger partial charge on any atom is -0.399 e. The van der Waals surface area contributed by atoms with Gasteiger partial charge in [0.25, 0.3) is 0 Å². The average molecular weight is 252 g/mol. The van der Waals surface area contributed by atoms with Crippen LogP contribution < -0.4 is 22.1 Å². The monoisotopic (exact) mass is 252 g/mol. The van der Waals surface area contributed by atoms with Gasteiger partial charge < -0.3 is 26.8 Å². The Balaban J connectivity index is 2.17. The zero-order chi connectivity index (χ0) is 13.4. The number of nitrogens with one attached hydrogen (secondary N) is 2. The summed E-state index contributed by atoms with van der Waals surface area (Å²) in [7, 11) is 0. The lowest BCUT2D eigenvalue weighted by molar-refractivity contribution is -0.122. The maximum atomic E-state index is 11.4. The number of ether oxygens (including phenoxy) is 1. The second kappa shape index (κ2) is 7.13. The molecule has 6 N–H and O–H groups in total. The number of carbonyl (C=O) groups excluding carboxylic acids is 2. The molecule has 98 valence electrons. The summed E-state index contributed by atoms with van der Waals surface area (Å²) in [5.41, 5.74) is 11.7. The summed E-state index contributed by atoms with van der Waals surface area (Å²) in [6, 6.07) is 6.40. The molecule has 7 nitrogen and oxygen atoms in total. The minimum atomic E-state index is -0.540. The fourth-order valence-corrected chi connectivity index (χ4v) is 1.15. The molecule has 0 radical (unpaired) electrons. The standard InChI is InChI=1S/C11H16N4O3/c12-8-1-3-9(4-2-8)15-11(17)14-5-6-18-7-10(13)16/h1-4H,5-7,12H2,(H2,13,16)(H2,14,15,17). The van der Waals surface area contributed by atoms with Crippen LogP contribution >= 0.6 is 0 Å². The highest BCUT2D eigenvalue weighted by molar-refractivity contribution is 5.89. The van der Waals surface area contributed by atoms with Crippen molar-refractivity contribution in [1.82, 2.24) is 5.32 Å². The minimum absolute atomic E-state index is 0.152. The number of urea groups is 1. The van der Waals surface area contributed by atoms with E-state index in [0.29, 0.717) is 11.4 Å². The van der Waals surface area contributed by atoms with Gasteiger partial charge in [-0.05, 0) is 24.3 Å². The molecule has 1 aromatic rings. The van der Waals surface area contributed by atoms with Gasteiger partial charge in [0.2, 0.25) is 5.91 Å². The molecule has 0 aliphatic heterocycles. The van der Waals surface area contributed by atoms with E-state index >= 15 is 0 Å². The first-order valence-corrected chi connectivity index (χ1v) is 5.34. The van der Waals surface area contributed by atoms with Gasteiger partial charge in [0.05, 0.1) is 6.61 Å². The number of hydrogen-bond acceptors (Lipinski definition) is 4. The van der Waals surface area contributed by atoms with Gasteiger partial charge in [-0.25, -0.2) is 4.79 Å². The Bertz CT molecular complexity index is 405. The van der Waals surface area contributed by atoms with Crippen LogP contribution in [-0.4, -0.2) is 31.7 Å². The van der Waals surface area contributed by atoms with E-state index in [2.05, 4.69) is 10.6 Å². The van der Waals surface area contributed by atoms with E-state index in [4.69, 9.17) is 16.2 Å². The zero-order valence-electron chi connectivity index (χ0n) is 9.81. The fraction of sp³-hybridized carbons (Fsp3) is 0.273. The Kier molecular flexibility index (Phi) is 5.46. The molecule has 18 heavy (non-hydrogen) atoms. The molecule has 0 fully saturated rings. The zero-order valence-corrected chi connectivity index (χ0v) is 9.81. The molecule has 0 aromatic heterocycles. The molecule has 0 unspecified atom stereocenters. The predicted octanol–water partition coefficient (Wildman–Crippen LogP) is -0.108. The highest BCUT2D eigenvalue weighted by Crippen LogP contribution is 2.09. The lowest BCUT2D eigenvalue weighted by Gasteiger charge is -2.07. The van der Waals surface area contributed by atoms with Crippen molar-refractivity contribution in [3.05, 3.63) is 24.3 Å². The number of primary amides is 1. The molecule has 0 heterocycles. The second-order valence-corrected chi connectivity index (χ2v) is 3.52. The molecular formula is C11H16N4O3. The first kappa shape index (κ1) is 13.8. The largest absolute Gasteiger partial charge is 0.399 e. The van der Waals surface area contributed by atoms with Gasteiger partial charge in [0.15, 0.2) is 0 Å². The summed E-state index contributed by atoms with van der Waals surface area (Å²) in [6.45, 7) is 0.355. The lowest BCUT2D eigenvalue weighted by Crippen LogP contribution is -2.32. The summed E-state index contributed by atoms with van der Waals surface area (Å²) in [5.74, 6) is -0.540. The van der Waals surface area contributed by atoms with E-state index < -0.39 is 5.91 Å². The Hall–Kier alpha value is -2.28. The molecular weight excluding hydrogens is 236 g/mol. The number of rotatable bonds is 6. The smallest absolute Gasteiger partial charge is 0.319 e. The SMILES string of the molecule is NC(=O)COCCNC(=O)Nc1ccc(N)cc1. The van der Waals surface area contributed by atoms with Crippen LogP contribution in [0.4, 0.5) is 16.2 Å². The molecule has 0 aliphatic rings. The van der Waals surface area contributed by atoms with E-state index in [9.17, 15) is 9.59 Å².